The molecule has 1 aromatic rings. The van der Waals surface area contributed by atoms with Crippen LogP contribution < -0.4 is 10.5 Å². The smallest absolute Gasteiger partial charge is 0.122 e. The Morgan fingerprint density at radius 1 is 1.12 bits per heavy atom. The molecule has 1 rings (SSSR count). The van der Waals surface area contributed by atoms with Gasteiger partial charge in [0.15, 0.2) is 0 Å². The molecule has 0 unspecified atom stereocenters. The molecule has 4 nitrogen and oxygen atoms in total. The number of rotatable bonds is 14. The summed E-state index contributed by atoms with van der Waals surface area (Å²) in [5, 5.41) is 19.7. The standard InChI is InChI=1S/C22H39NO3/c1-4-13-22(23,17-24)14-12-19-10-11-20(16-21(19)25)26-15-8-6-5-7-9-18(2)3/h10-11,16,18,24-25H,4-9,12-15,17,23H2,1-3H3/t22-/m0/s1. The number of benzene rings is 1. The summed E-state index contributed by atoms with van der Waals surface area (Å²) in [4.78, 5) is 0. The molecular formula is C22H39NO3. The number of phenols is 1. The first kappa shape index (κ1) is 22.8. The van der Waals surface area contributed by atoms with E-state index in [-0.39, 0.29) is 12.4 Å². The summed E-state index contributed by atoms with van der Waals surface area (Å²) >= 11 is 0. The van der Waals surface area contributed by atoms with Gasteiger partial charge in [0.2, 0.25) is 0 Å². The van der Waals surface area contributed by atoms with Gasteiger partial charge in [0.05, 0.1) is 13.2 Å². The Balaban J connectivity index is 2.35. The van der Waals surface area contributed by atoms with Crippen LogP contribution in [0.15, 0.2) is 18.2 Å². The molecule has 0 heterocycles. The van der Waals surface area contributed by atoms with Gasteiger partial charge >= 0.3 is 0 Å². The van der Waals surface area contributed by atoms with Gasteiger partial charge in [0.1, 0.15) is 11.5 Å². The normalized spacial score (nSPS) is 13.8. The number of hydrogen-bond donors (Lipinski definition) is 3. The van der Waals surface area contributed by atoms with E-state index in [1.807, 2.05) is 12.1 Å². The molecule has 1 aromatic carbocycles. The molecule has 0 fully saturated rings. The van der Waals surface area contributed by atoms with Gasteiger partial charge in [-0.1, -0.05) is 58.9 Å². The number of ether oxygens (including phenoxy) is 1. The van der Waals surface area contributed by atoms with E-state index in [1.54, 1.807) is 6.07 Å². The van der Waals surface area contributed by atoms with Gasteiger partial charge in [0.25, 0.3) is 0 Å². The summed E-state index contributed by atoms with van der Waals surface area (Å²) in [6, 6.07) is 5.49. The molecule has 26 heavy (non-hydrogen) atoms. The van der Waals surface area contributed by atoms with Crippen molar-refractivity contribution in [2.45, 2.75) is 84.1 Å². The zero-order chi connectivity index (χ0) is 19.4. The number of aliphatic hydroxyl groups excluding tert-OH is 1. The van der Waals surface area contributed by atoms with E-state index in [9.17, 15) is 10.2 Å². The highest BCUT2D eigenvalue weighted by atomic mass is 16.5. The lowest BCUT2D eigenvalue weighted by molar-refractivity contribution is 0.177. The molecule has 0 saturated carbocycles. The first-order chi connectivity index (χ1) is 12.4. The van der Waals surface area contributed by atoms with Crippen molar-refractivity contribution in [1.82, 2.24) is 0 Å². The molecule has 150 valence electrons. The topological polar surface area (TPSA) is 75.7 Å². The fourth-order valence-corrected chi connectivity index (χ4v) is 3.21. The van der Waals surface area contributed by atoms with Crippen molar-refractivity contribution < 1.29 is 14.9 Å². The van der Waals surface area contributed by atoms with Gasteiger partial charge in [0, 0.05) is 11.6 Å². The van der Waals surface area contributed by atoms with E-state index in [0.29, 0.717) is 25.2 Å². The minimum absolute atomic E-state index is 0.0278. The molecule has 4 N–H and O–H groups in total. The largest absolute Gasteiger partial charge is 0.508 e. The second-order valence-corrected chi connectivity index (χ2v) is 8.01. The predicted octanol–water partition coefficient (Wildman–Crippen LogP) is 4.80. The van der Waals surface area contributed by atoms with Crippen LogP contribution in [-0.2, 0) is 6.42 Å². The zero-order valence-corrected chi connectivity index (χ0v) is 17.0. The Morgan fingerprint density at radius 3 is 2.46 bits per heavy atom. The van der Waals surface area contributed by atoms with Crippen molar-refractivity contribution in [3.63, 3.8) is 0 Å². The summed E-state index contributed by atoms with van der Waals surface area (Å²) in [5.41, 5.74) is 6.50. The molecule has 0 aliphatic rings. The first-order valence-electron chi connectivity index (χ1n) is 10.2. The van der Waals surface area contributed by atoms with Gasteiger partial charge in [-0.05, 0) is 43.2 Å². The number of nitrogens with two attached hydrogens (primary N) is 1. The third-order valence-electron chi connectivity index (χ3n) is 4.96. The van der Waals surface area contributed by atoms with Crippen LogP contribution in [0.25, 0.3) is 0 Å². The average Bonchev–Trinajstić information content (AvgIpc) is 2.60. The van der Waals surface area contributed by atoms with Crippen LogP contribution in [0.1, 0.15) is 77.7 Å². The van der Waals surface area contributed by atoms with Crippen LogP contribution in [0.5, 0.6) is 11.5 Å². The number of hydrogen-bond acceptors (Lipinski definition) is 4. The molecule has 0 aromatic heterocycles. The Bertz CT molecular complexity index is 504. The summed E-state index contributed by atoms with van der Waals surface area (Å²) in [6.45, 7) is 7.25. The summed E-state index contributed by atoms with van der Waals surface area (Å²) in [7, 11) is 0. The maximum absolute atomic E-state index is 10.2. The molecule has 0 aliphatic carbocycles. The van der Waals surface area contributed by atoms with E-state index >= 15 is 0 Å². The van der Waals surface area contributed by atoms with E-state index < -0.39 is 5.54 Å². The second kappa shape index (κ2) is 12.2. The maximum atomic E-state index is 10.2. The lowest BCUT2D eigenvalue weighted by Gasteiger charge is -2.27. The number of aliphatic hydroxyl groups is 1. The monoisotopic (exact) mass is 365 g/mol. The minimum atomic E-state index is -0.564. The molecule has 1 atom stereocenters. The van der Waals surface area contributed by atoms with Crippen LogP contribution in [0.3, 0.4) is 0 Å². The van der Waals surface area contributed by atoms with Crippen LogP contribution >= 0.6 is 0 Å². The molecule has 0 radical (unpaired) electrons. The molecule has 0 spiro atoms. The van der Waals surface area contributed by atoms with E-state index in [4.69, 9.17) is 10.5 Å². The van der Waals surface area contributed by atoms with E-state index in [1.165, 1.54) is 25.7 Å². The fraction of sp³-hybridized carbons (Fsp3) is 0.727. The van der Waals surface area contributed by atoms with Crippen LogP contribution in [0, 0.1) is 5.92 Å². The molecule has 0 amide bonds. The second-order valence-electron chi connectivity index (χ2n) is 8.01. The highest BCUT2D eigenvalue weighted by molar-refractivity contribution is 5.39. The molecule has 0 saturated heterocycles. The van der Waals surface area contributed by atoms with Crippen LogP contribution in [0.4, 0.5) is 0 Å². The third kappa shape index (κ3) is 8.91. The lowest BCUT2D eigenvalue weighted by Crippen LogP contribution is -2.43. The third-order valence-corrected chi connectivity index (χ3v) is 4.96. The predicted molar refractivity (Wildman–Crippen MR) is 109 cm³/mol. The Hall–Kier alpha value is -1.26. The molecular weight excluding hydrogens is 326 g/mol. The fourth-order valence-electron chi connectivity index (χ4n) is 3.21. The molecule has 0 bridgehead atoms. The van der Waals surface area contributed by atoms with Crippen molar-refractivity contribution in [3.8, 4) is 11.5 Å². The molecule has 0 aliphatic heterocycles. The van der Waals surface area contributed by atoms with Crippen molar-refractivity contribution >= 4 is 0 Å². The first-order valence-corrected chi connectivity index (χ1v) is 10.2. The number of phenolic OH excluding ortho intramolecular Hbond substituents is 1. The Kier molecular flexibility index (Phi) is 10.7. The zero-order valence-electron chi connectivity index (χ0n) is 17.0. The highest BCUT2D eigenvalue weighted by Crippen LogP contribution is 2.27. The van der Waals surface area contributed by atoms with Gasteiger partial charge in [-0.15, -0.1) is 0 Å². The van der Waals surface area contributed by atoms with Crippen molar-refractivity contribution in [2.24, 2.45) is 11.7 Å². The van der Waals surface area contributed by atoms with Gasteiger partial charge in [-0.25, -0.2) is 0 Å². The Labute approximate surface area is 159 Å². The number of unbranched alkanes of at least 4 members (excludes halogenated alkanes) is 3. The van der Waals surface area contributed by atoms with Crippen LogP contribution in [0.2, 0.25) is 0 Å². The van der Waals surface area contributed by atoms with Crippen LogP contribution in [-0.4, -0.2) is 29.0 Å². The van der Waals surface area contributed by atoms with Crippen molar-refractivity contribution in [2.75, 3.05) is 13.2 Å². The Morgan fingerprint density at radius 2 is 1.85 bits per heavy atom. The maximum Gasteiger partial charge on any atom is 0.122 e. The van der Waals surface area contributed by atoms with Crippen molar-refractivity contribution in [3.05, 3.63) is 23.8 Å². The van der Waals surface area contributed by atoms with Crippen molar-refractivity contribution in [1.29, 1.82) is 0 Å². The van der Waals surface area contributed by atoms with Gasteiger partial charge in [-0.3, -0.25) is 0 Å². The quantitative estimate of drug-likeness (QED) is 0.414. The number of aromatic hydroxyl groups is 1. The van der Waals surface area contributed by atoms with Gasteiger partial charge in [-0.2, -0.15) is 0 Å². The highest BCUT2D eigenvalue weighted by Gasteiger charge is 2.23. The van der Waals surface area contributed by atoms with E-state index in [2.05, 4.69) is 20.8 Å². The average molecular weight is 366 g/mol. The summed E-state index contributed by atoms with van der Waals surface area (Å²) in [6.07, 6.45) is 9.11. The minimum Gasteiger partial charge on any atom is -0.508 e. The van der Waals surface area contributed by atoms with E-state index in [0.717, 1.165) is 30.7 Å². The van der Waals surface area contributed by atoms with Gasteiger partial charge < -0.3 is 20.7 Å². The summed E-state index contributed by atoms with van der Waals surface area (Å²) in [5.74, 6) is 1.75. The molecule has 4 heteroatoms. The SMILES string of the molecule is CCC[C@@](N)(CO)CCc1ccc(OCCCCCCC(C)C)cc1O. The number of aryl methyl sites for hydroxylation is 1. The lowest BCUT2D eigenvalue weighted by atomic mass is 9.88. The summed E-state index contributed by atoms with van der Waals surface area (Å²) < 4.78 is 5.75.